The van der Waals surface area contributed by atoms with Crippen LogP contribution in [-0.2, 0) is 4.79 Å². The van der Waals surface area contributed by atoms with Gasteiger partial charge in [0.05, 0.1) is 12.3 Å². The smallest absolute Gasteiger partial charge is 0.262 e. The maximum Gasteiger partial charge on any atom is 0.262 e. The van der Waals surface area contributed by atoms with E-state index in [1.807, 2.05) is 6.07 Å². The molecule has 0 unspecified atom stereocenters. The molecule has 4 nitrogen and oxygen atoms in total. The zero-order valence-corrected chi connectivity index (χ0v) is 8.62. The number of hydrogen-bond donors (Lipinski definition) is 2. The van der Waals surface area contributed by atoms with Gasteiger partial charge in [-0.3, -0.25) is 4.79 Å². The number of aliphatic hydroxyl groups is 1. The molecule has 0 saturated heterocycles. The molecule has 0 bridgehead atoms. The van der Waals surface area contributed by atoms with Crippen molar-refractivity contribution in [1.82, 2.24) is 0 Å². The monoisotopic (exact) mass is 217 g/mol. The molecule has 2 rings (SSSR count). The molecular formula is C12H11NO3. The number of fused-ring (bicyclic) bond motifs is 1. The fourth-order valence-corrected chi connectivity index (χ4v) is 1.38. The van der Waals surface area contributed by atoms with Gasteiger partial charge in [0.2, 0.25) is 0 Å². The van der Waals surface area contributed by atoms with E-state index in [4.69, 9.17) is 9.84 Å². The van der Waals surface area contributed by atoms with Crippen LogP contribution in [-0.4, -0.2) is 24.2 Å². The third kappa shape index (κ3) is 2.33. The second-order valence-corrected chi connectivity index (χ2v) is 3.32. The number of amides is 1. The molecule has 16 heavy (non-hydrogen) atoms. The maximum atomic E-state index is 11.1. The number of nitrogens with one attached hydrogen (secondary N) is 1. The Kier molecular flexibility index (Phi) is 3.08. The van der Waals surface area contributed by atoms with E-state index in [1.54, 1.807) is 12.1 Å². The first kappa shape index (κ1) is 10.5. The van der Waals surface area contributed by atoms with Gasteiger partial charge in [-0.15, -0.1) is 0 Å². The van der Waals surface area contributed by atoms with Gasteiger partial charge in [0.15, 0.2) is 6.61 Å². The fourth-order valence-electron chi connectivity index (χ4n) is 1.38. The van der Waals surface area contributed by atoms with Crippen LogP contribution in [0.4, 0.5) is 5.69 Å². The summed E-state index contributed by atoms with van der Waals surface area (Å²) in [6.07, 6.45) is 0.444. The summed E-state index contributed by atoms with van der Waals surface area (Å²) in [6, 6.07) is 5.36. The SMILES string of the molecule is O=C1COc2ccc(C#CCCO)cc2N1. The highest BCUT2D eigenvalue weighted by Gasteiger charge is 2.15. The quantitative estimate of drug-likeness (QED) is 0.682. The van der Waals surface area contributed by atoms with Crippen LogP contribution < -0.4 is 10.1 Å². The van der Waals surface area contributed by atoms with Crippen LogP contribution in [0.3, 0.4) is 0 Å². The number of benzene rings is 1. The number of carbonyl (C=O) groups excluding carboxylic acids is 1. The van der Waals surface area contributed by atoms with Gasteiger partial charge < -0.3 is 15.2 Å². The minimum Gasteiger partial charge on any atom is -0.482 e. The molecule has 4 heteroatoms. The van der Waals surface area contributed by atoms with Crippen LogP contribution >= 0.6 is 0 Å². The van der Waals surface area contributed by atoms with Crippen molar-refractivity contribution in [2.24, 2.45) is 0 Å². The second-order valence-electron chi connectivity index (χ2n) is 3.32. The largest absolute Gasteiger partial charge is 0.482 e. The van der Waals surface area contributed by atoms with Crippen LogP contribution in [0.1, 0.15) is 12.0 Å². The predicted octanol–water partition coefficient (Wildman–Crippen LogP) is 0.751. The molecule has 0 saturated carbocycles. The lowest BCUT2D eigenvalue weighted by molar-refractivity contribution is -0.118. The van der Waals surface area contributed by atoms with E-state index in [-0.39, 0.29) is 19.1 Å². The normalized spacial score (nSPS) is 12.9. The molecule has 0 spiro atoms. The van der Waals surface area contributed by atoms with Crippen LogP contribution in [0.25, 0.3) is 0 Å². The summed E-state index contributed by atoms with van der Waals surface area (Å²) in [5.74, 6) is 6.21. The number of ether oxygens (including phenoxy) is 1. The van der Waals surface area contributed by atoms with E-state index in [2.05, 4.69) is 17.2 Å². The average molecular weight is 217 g/mol. The third-order valence-corrected chi connectivity index (χ3v) is 2.08. The predicted molar refractivity (Wildman–Crippen MR) is 59.1 cm³/mol. The van der Waals surface area contributed by atoms with E-state index in [0.717, 1.165) is 5.56 Å². The van der Waals surface area contributed by atoms with Gasteiger partial charge in [-0.1, -0.05) is 11.8 Å². The van der Waals surface area contributed by atoms with Crippen LogP contribution in [0.5, 0.6) is 5.75 Å². The van der Waals surface area contributed by atoms with Crippen LogP contribution in [0.15, 0.2) is 18.2 Å². The highest BCUT2D eigenvalue weighted by atomic mass is 16.5. The zero-order chi connectivity index (χ0) is 11.4. The molecule has 1 heterocycles. The van der Waals surface area contributed by atoms with Crippen molar-refractivity contribution in [3.05, 3.63) is 23.8 Å². The molecule has 82 valence electrons. The number of anilines is 1. The number of hydrogen-bond acceptors (Lipinski definition) is 3. The summed E-state index contributed by atoms with van der Waals surface area (Å²) < 4.78 is 5.22. The molecule has 0 aliphatic carbocycles. The van der Waals surface area contributed by atoms with Gasteiger partial charge in [0.25, 0.3) is 5.91 Å². The lowest BCUT2D eigenvalue weighted by Gasteiger charge is -2.17. The Labute approximate surface area is 93.2 Å². The van der Waals surface area contributed by atoms with Gasteiger partial charge in [0.1, 0.15) is 5.75 Å². The fraction of sp³-hybridized carbons (Fsp3) is 0.250. The standard InChI is InChI=1S/C12H11NO3/c14-6-2-1-3-9-4-5-11-10(7-9)13-12(15)8-16-11/h4-5,7,14H,2,6,8H2,(H,13,15). The first-order chi connectivity index (χ1) is 7.79. The summed E-state index contributed by atoms with van der Waals surface area (Å²) in [7, 11) is 0. The van der Waals surface area contributed by atoms with Crippen LogP contribution in [0, 0.1) is 11.8 Å². The summed E-state index contributed by atoms with van der Waals surface area (Å²) in [4.78, 5) is 11.1. The van der Waals surface area contributed by atoms with Crippen molar-refractivity contribution < 1.29 is 14.6 Å². The van der Waals surface area contributed by atoms with Gasteiger partial charge in [0, 0.05) is 12.0 Å². The van der Waals surface area contributed by atoms with Crippen molar-refractivity contribution in [2.45, 2.75) is 6.42 Å². The van der Waals surface area contributed by atoms with E-state index >= 15 is 0 Å². The van der Waals surface area contributed by atoms with Gasteiger partial charge in [-0.25, -0.2) is 0 Å². The summed E-state index contributed by atoms with van der Waals surface area (Å²) in [5, 5.41) is 11.3. The van der Waals surface area contributed by atoms with Gasteiger partial charge in [-0.05, 0) is 18.2 Å². The molecule has 1 aromatic carbocycles. The Bertz CT molecular complexity index is 471. The lowest BCUT2D eigenvalue weighted by Crippen LogP contribution is -2.25. The zero-order valence-electron chi connectivity index (χ0n) is 8.62. The van der Waals surface area contributed by atoms with E-state index in [0.29, 0.717) is 17.9 Å². The van der Waals surface area contributed by atoms with Gasteiger partial charge >= 0.3 is 0 Å². The topological polar surface area (TPSA) is 58.6 Å². The molecule has 0 aromatic heterocycles. The Morgan fingerprint density at radius 3 is 3.19 bits per heavy atom. The highest BCUT2D eigenvalue weighted by Crippen LogP contribution is 2.27. The molecule has 2 N–H and O–H groups in total. The third-order valence-electron chi connectivity index (χ3n) is 2.08. The van der Waals surface area contributed by atoms with Crippen molar-refractivity contribution in [1.29, 1.82) is 0 Å². The minimum atomic E-state index is -0.159. The number of rotatable bonds is 1. The van der Waals surface area contributed by atoms with E-state index in [1.165, 1.54) is 0 Å². The van der Waals surface area contributed by atoms with Crippen molar-refractivity contribution in [3.63, 3.8) is 0 Å². The molecule has 1 aliphatic heterocycles. The van der Waals surface area contributed by atoms with Crippen molar-refractivity contribution in [2.75, 3.05) is 18.5 Å². The Balaban J connectivity index is 2.22. The first-order valence-electron chi connectivity index (χ1n) is 4.96. The van der Waals surface area contributed by atoms with E-state index < -0.39 is 0 Å². The summed E-state index contributed by atoms with van der Waals surface area (Å²) in [5.41, 5.74) is 1.44. The molecule has 1 aliphatic rings. The number of carbonyl (C=O) groups is 1. The van der Waals surface area contributed by atoms with E-state index in [9.17, 15) is 4.79 Å². The number of aliphatic hydroxyl groups excluding tert-OH is 1. The summed E-state index contributed by atoms with van der Waals surface area (Å²) in [6.45, 7) is 0.111. The molecule has 0 radical (unpaired) electrons. The molecular weight excluding hydrogens is 206 g/mol. The average Bonchev–Trinajstić information content (AvgIpc) is 2.29. The first-order valence-corrected chi connectivity index (χ1v) is 4.96. The van der Waals surface area contributed by atoms with Crippen molar-refractivity contribution in [3.8, 4) is 17.6 Å². The van der Waals surface area contributed by atoms with Crippen LogP contribution in [0.2, 0.25) is 0 Å². The Morgan fingerprint density at radius 1 is 1.50 bits per heavy atom. The maximum absolute atomic E-state index is 11.1. The molecule has 1 amide bonds. The Hall–Kier alpha value is -1.99. The molecule has 1 aromatic rings. The molecule has 0 fully saturated rings. The van der Waals surface area contributed by atoms with Gasteiger partial charge in [-0.2, -0.15) is 0 Å². The Morgan fingerprint density at radius 2 is 2.38 bits per heavy atom. The minimum absolute atomic E-state index is 0.0534. The molecule has 0 atom stereocenters. The highest BCUT2D eigenvalue weighted by molar-refractivity contribution is 5.95. The second kappa shape index (κ2) is 4.69. The lowest BCUT2D eigenvalue weighted by atomic mass is 10.1. The summed E-state index contributed by atoms with van der Waals surface area (Å²) >= 11 is 0. The van der Waals surface area contributed by atoms with Crippen molar-refractivity contribution >= 4 is 11.6 Å².